The van der Waals surface area contributed by atoms with Crippen molar-refractivity contribution in [1.82, 2.24) is 4.72 Å². The molecule has 0 radical (unpaired) electrons. The fraction of sp³-hybridized carbons (Fsp3) is 0.0714. The SMILES string of the molecule is CS(=O)(=O)NC(=O)c1cc(F)c(Oc2cc(F)ccc2F)cc1F. The Hall–Kier alpha value is -2.62. The van der Waals surface area contributed by atoms with Crippen LogP contribution in [0.15, 0.2) is 30.3 Å². The van der Waals surface area contributed by atoms with Crippen LogP contribution < -0.4 is 9.46 Å². The molecular weight excluding hydrogens is 354 g/mol. The minimum Gasteiger partial charge on any atom is -0.451 e. The maximum absolute atomic E-state index is 13.9. The lowest BCUT2D eigenvalue weighted by molar-refractivity contribution is 0.0977. The smallest absolute Gasteiger partial charge is 0.267 e. The Kier molecular flexibility index (Phi) is 4.78. The van der Waals surface area contributed by atoms with Crippen molar-refractivity contribution in [2.45, 2.75) is 0 Å². The van der Waals surface area contributed by atoms with E-state index in [0.717, 1.165) is 12.1 Å². The highest BCUT2D eigenvalue weighted by atomic mass is 32.2. The normalized spacial score (nSPS) is 11.2. The molecule has 0 unspecified atom stereocenters. The Morgan fingerprint density at radius 1 is 0.958 bits per heavy atom. The van der Waals surface area contributed by atoms with Crippen molar-refractivity contribution in [3.63, 3.8) is 0 Å². The van der Waals surface area contributed by atoms with E-state index in [-0.39, 0.29) is 0 Å². The van der Waals surface area contributed by atoms with Gasteiger partial charge in [0.2, 0.25) is 10.0 Å². The molecule has 0 heterocycles. The summed E-state index contributed by atoms with van der Waals surface area (Å²) in [5.41, 5.74) is -0.898. The number of ether oxygens (including phenoxy) is 1. The number of nitrogens with one attached hydrogen (secondary N) is 1. The van der Waals surface area contributed by atoms with E-state index in [4.69, 9.17) is 4.74 Å². The fourth-order valence-electron chi connectivity index (χ4n) is 1.68. The molecule has 0 aromatic heterocycles. The highest BCUT2D eigenvalue weighted by molar-refractivity contribution is 7.89. The van der Waals surface area contributed by atoms with Gasteiger partial charge in [0.05, 0.1) is 11.8 Å². The molecule has 2 rings (SSSR count). The first-order valence-corrected chi connectivity index (χ1v) is 8.10. The van der Waals surface area contributed by atoms with Gasteiger partial charge in [0.15, 0.2) is 23.1 Å². The van der Waals surface area contributed by atoms with Crippen LogP contribution in [0.25, 0.3) is 0 Å². The molecule has 1 N–H and O–H groups in total. The Morgan fingerprint density at radius 2 is 1.58 bits per heavy atom. The van der Waals surface area contributed by atoms with Crippen molar-refractivity contribution >= 4 is 15.9 Å². The van der Waals surface area contributed by atoms with Gasteiger partial charge < -0.3 is 4.74 Å². The van der Waals surface area contributed by atoms with E-state index in [1.54, 1.807) is 0 Å². The second-order valence-corrected chi connectivity index (χ2v) is 6.39. The van der Waals surface area contributed by atoms with Crippen molar-refractivity contribution in [3.8, 4) is 11.5 Å². The van der Waals surface area contributed by atoms with E-state index in [1.165, 1.54) is 4.72 Å². The molecule has 0 saturated carbocycles. The summed E-state index contributed by atoms with van der Waals surface area (Å²) in [6, 6.07) is 2.95. The third-order valence-corrected chi connectivity index (χ3v) is 3.21. The molecule has 0 aliphatic carbocycles. The Labute approximate surface area is 133 Å². The maximum atomic E-state index is 13.9. The number of carbonyl (C=O) groups excluding carboxylic acids is 1. The van der Waals surface area contributed by atoms with E-state index in [1.807, 2.05) is 0 Å². The predicted octanol–water partition coefficient (Wildman–Crippen LogP) is 2.72. The summed E-state index contributed by atoms with van der Waals surface area (Å²) in [4.78, 5) is 11.6. The van der Waals surface area contributed by atoms with Gasteiger partial charge in [0, 0.05) is 12.1 Å². The lowest BCUT2D eigenvalue weighted by atomic mass is 10.2. The minimum atomic E-state index is -3.98. The molecule has 10 heteroatoms. The van der Waals surface area contributed by atoms with Gasteiger partial charge in [-0.3, -0.25) is 4.79 Å². The fourth-order valence-corrected chi connectivity index (χ4v) is 2.12. The summed E-state index contributed by atoms with van der Waals surface area (Å²) in [5.74, 6) is -7.37. The average Bonchev–Trinajstić information content (AvgIpc) is 2.44. The highest BCUT2D eigenvalue weighted by Gasteiger charge is 2.20. The molecule has 2 aromatic carbocycles. The lowest BCUT2D eigenvalue weighted by Gasteiger charge is -2.10. The van der Waals surface area contributed by atoms with Gasteiger partial charge >= 0.3 is 0 Å². The Bertz CT molecular complexity index is 915. The molecule has 0 fully saturated rings. The van der Waals surface area contributed by atoms with Gasteiger partial charge in [-0.2, -0.15) is 0 Å². The zero-order chi connectivity index (χ0) is 18.1. The third kappa shape index (κ3) is 4.22. The summed E-state index contributed by atoms with van der Waals surface area (Å²) in [7, 11) is -3.98. The molecule has 5 nitrogen and oxygen atoms in total. The number of hydrogen-bond donors (Lipinski definition) is 1. The van der Waals surface area contributed by atoms with Crippen molar-refractivity contribution in [2.75, 3.05) is 6.26 Å². The van der Waals surface area contributed by atoms with Crippen LogP contribution in [0.5, 0.6) is 11.5 Å². The zero-order valence-corrected chi connectivity index (χ0v) is 12.8. The molecule has 0 aliphatic rings. The van der Waals surface area contributed by atoms with E-state index in [9.17, 15) is 30.8 Å². The monoisotopic (exact) mass is 363 g/mol. The quantitative estimate of drug-likeness (QED) is 0.848. The molecule has 128 valence electrons. The summed E-state index contributed by atoms with van der Waals surface area (Å²) in [6.45, 7) is 0. The summed E-state index contributed by atoms with van der Waals surface area (Å²) >= 11 is 0. The number of amides is 1. The van der Waals surface area contributed by atoms with Gasteiger partial charge in [-0.15, -0.1) is 0 Å². The van der Waals surface area contributed by atoms with E-state index in [0.29, 0.717) is 24.5 Å². The van der Waals surface area contributed by atoms with Crippen LogP contribution >= 0.6 is 0 Å². The van der Waals surface area contributed by atoms with Crippen molar-refractivity contribution in [2.24, 2.45) is 0 Å². The predicted molar refractivity (Wildman–Crippen MR) is 75.1 cm³/mol. The molecule has 0 saturated heterocycles. The van der Waals surface area contributed by atoms with Gasteiger partial charge in [-0.25, -0.2) is 30.7 Å². The van der Waals surface area contributed by atoms with Gasteiger partial charge in [-0.1, -0.05) is 0 Å². The lowest BCUT2D eigenvalue weighted by Crippen LogP contribution is -2.30. The van der Waals surface area contributed by atoms with Gasteiger partial charge in [0.25, 0.3) is 5.91 Å². The summed E-state index contributed by atoms with van der Waals surface area (Å²) < 4.78 is 82.3. The molecule has 0 atom stereocenters. The van der Waals surface area contributed by atoms with Crippen LogP contribution in [0.4, 0.5) is 17.6 Å². The standard InChI is InChI=1S/C14H9F4NO4S/c1-24(21,22)19-14(20)8-5-11(18)13(6-10(8)17)23-12-4-7(15)2-3-9(12)16/h2-6H,1H3,(H,19,20). The van der Waals surface area contributed by atoms with Crippen LogP contribution in [-0.2, 0) is 10.0 Å². The van der Waals surface area contributed by atoms with E-state index < -0.39 is 56.3 Å². The van der Waals surface area contributed by atoms with Crippen LogP contribution in [0.2, 0.25) is 0 Å². The largest absolute Gasteiger partial charge is 0.451 e. The number of halogens is 4. The second-order valence-electron chi connectivity index (χ2n) is 4.64. The Morgan fingerprint density at radius 3 is 2.21 bits per heavy atom. The van der Waals surface area contributed by atoms with Crippen molar-refractivity contribution < 1.29 is 35.5 Å². The van der Waals surface area contributed by atoms with Crippen LogP contribution in [0.3, 0.4) is 0 Å². The van der Waals surface area contributed by atoms with Gasteiger partial charge in [0.1, 0.15) is 11.6 Å². The first-order chi connectivity index (χ1) is 11.1. The second kappa shape index (κ2) is 6.48. The molecule has 2 aromatic rings. The summed E-state index contributed by atoms with van der Waals surface area (Å²) in [5, 5.41) is 0. The first-order valence-electron chi connectivity index (χ1n) is 6.21. The van der Waals surface area contributed by atoms with Gasteiger partial charge in [-0.05, 0) is 18.2 Å². The highest BCUT2D eigenvalue weighted by Crippen LogP contribution is 2.29. The number of hydrogen-bond acceptors (Lipinski definition) is 4. The van der Waals surface area contributed by atoms with Crippen LogP contribution in [0.1, 0.15) is 10.4 Å². The molecule has 0 spiro atoms. The molecule has 0 bridgehead atoms. The average molecular weight is 363 g/mol. The zero-order valence-electron chi connectivity index (χ0n) is 11.9. The van der Waals surface area contributed by atoms with Crippen LogP contribution in [-0.4, -0.2) is 20.6 Å². The number of carbonyl (C=O) groups is 1. The molecule has 0 aliphatic heterocycles. The molecule has 24 heavy (non-hydrogen) atoms. The number of sulfonamides is 1. The topological polar surface area (TPSA) is 72.5 Å². The third-order valence-electron chi connectivity index (χ3n) is 2.66. The van der Waals surface area contributed by atoms with E-state index in [2.05, 4.69) is 0 Å². The Balaban J connectivity index is 2.36. The van der Waals surface area contributed by atoms with Crippen molar-refractivity contribution in [1.29, 1.82) is 0 Å². The number of benzene rings is 2. The summed E-state index contributed by atoms with van der Waals surface area (Å²) in [6.07, 6.45) is 0.656. The maximum Gasteiger partial charge on any atom is 0.267 e. The van der Waals surface area contributed by atoms with E-state index >= 15 is 0 Å². The number of rotatable bonds is 4. The molecular formula is C14H9F4NO4S. The van der Waals surface area contributed by atoms with Crippen LogP contribution in [0, 0.1) is 23.3 Å². The minimum absolute atomic E-state index is 0.377. The first kappa shape index (κ1) is 17.7. The van der Waals surface area contributed by atoms with Crippen molar-refractivity contribution in [3.05, 3.63) is 59.2 Å². The molecule has 1 amide bonds.